The van der Waals surface area contributed by atoms with Crippen molar-refractivity contribution in [2.75, 3.05) is 13.1 Å². The first kappa shape index (κ1) is 14.2. The van der Waals surface area contributed by atoms with Gasteiger partial charge in [-0.05, 0) is 12.1 Å². The van der Waals surface area contributed by atoms with Crippen LogP contribution in [0.3, 0.4) is 0 Å². The van der Waals surface area contributed by atoms with Gasteiger partial charge in [0.15, 0.2) is 5.76 Å². The molecule has 0 saturated heterocycles. The Hall–Kier alpha value is -2.24. The van der Waals surface area contributed by atoms with Gasteiger partial charge in [0.2, 0.25) is 0 Å². The van der Waals surface area contributed by atoms with Gasteiger partial charge in [-0.25, -0.2) is 0 Å². The number of carbonyl (C=O) groups is 1. The van der Waals surface area contributed by atoms with Gasteiger partial charge in [0.25, 0.3) is 5.91 Å². The minimum absolute atomic E-state index is 0.114. The summed E-state index contributed by atoms with van der Waals surface area (Å²) in [6, 6.07) is 8.27. The number of para-hydroxylation sites is 1. The van der Waals surface area contributed by atoms with Crippen molar-refractivity contribution in [3.63, 3.8) is 0 Å². The Morgan fingerprint density at radius 1 is 1.35 bits per heavy atom. The largest absolute Gasteiger partial charge is 0.451 e. The molecule has 0 aliphatic rings. The van der Waals surface area contributed by atoms with E-state index in [1.807, 2.05) is 0 Å². The first-order valence-corrected chi connectivity index (χ1v) is 5.86. The molecule has 3 nitrogen and oxygen atoms in total. The fraction of sp³-hybridized carbons (Fsp3) is 0.214. The van der Waals surface area contributed by atoms with Crippen LogP contribution in [0.2, 0.25) is 0 Å². The fourth-order valence-corrected chi connectivity index (χ4v) is 1.83. The van der Waals surface area contributed by atoms with Crippen LogP contribution in [0.15, 0.2) is 47.4 Å². The molecular formula is C14H12F3NO2. The quantitative estimate of drug-likeness (QED) is 0.803. The fourth-order valence-electron chi connectivity index (χ4n) is 1.83. The third-order valence-electron chi connectivity index (χ3n) is 2.64. The maximum atomic E-state index is 12.5. The number of amides is 1. The van der Waals surface area contributed by atoms with Gasteiger partial charge in [0.05, 0.1) is 0 Å². The highest BCUT2D eigenvalue weighted by atomic mass is 19.4. The number of hydrogen-bond donors (Lipinski definition) is 0. The summed E-state index contributed by atoms with van der Waals surface area (Å²) >= 11 is 0. The Bertz CT molecular complexity index is 598. The normalized spacial score (nSPS) is 11.6. The Balaban J connectivity index is 2.28. The van der Waals surface area contributed by atoms with E-state index in [1.54, 1.807) is 24.3 Å². The van der Waals surface area contributed by atoms with E-state index in [4.69, 9.17) is 4.42 Å². The van der Waals surface area contributed by atoms with Gasteiger partial charge < -0.3 is 9.32 Å². The molecule has 1 aromatic carbocycles. The number of rotatable bonds is 4. The van der Waals surface area contributed by atoms with Crippen LogP contribution in [0.5, 0.6) is 0 Å². The van der Waals surface area contributed by atoms with Gasteiger partial charge in [-0.1, -0.05) is 24.3 Å². The molecule has 106 valence electrons. The van der Waals surface area contributed by atoms with Crippen LogP contribution in [-0.4, -0.2) is 30.1 Å². The minimum Gasteiger partial charge on any atom is -0.451 e. The van der Waals surface area contributed by atoms with Crippen molar-refractivity contribution in [1.29, 1.82) is 0 Å². The van der Waals surface area contributed by atoms with E-state index in [1.165, 1.54) is 12.1 Å². The average molecular weight is 283 g/mol. The lowest BCUT2D eigenvalue weighted by atomic mass is 10.2. The van der Waals surface area contributed by atoms with E-state index in [2.05, 4.69) is 6.58 Å². The lowest BCUT2D eigenvalue weighted by Gasteiger charge is -2.21. The standard InChI is InChI=1S/C14H12F3NO2/c1-2-7-18(9-14(15,16)17)13(19)12-8-10-5-3-4-6-11(10)20-12/h2-6,8H,1,7,9H2. The first-order chi connectivity index (χ1) is 9.40. The van der Waals surface area contributed by atoms with Crippen molar-refractivity contribution in [2.24, 2.45) is 0 Å². The molecular weight excluding hydrogens is 271 g/mol. The van der Waals surface area contributed by atoms with Crippen LogP contribution in [0.25, 0.3) is 11.0 Å². The second-order valence-electron chi connectivity index (χ2n) is 4.24. The molecule has 0 spiro atoms. The summed E-state index contributed by atoms with van der Waals surface area (Å²) in [5.74, 6) is -0.921. The van der Waals surface area contributed by atoms with Crippen molar-refractivity contribution in [2.45, 2.75) is 6.18 Å². The second kappa shape index (κ2) is 5.40. The molecule has 6 heteroatoms. The lowest BCUT2D eigenvalue weighted by Crippen LogP contribution is -2.38. The molecule has 0 N–H and O–H groups in total. The maximum absolute atomic E-state index is 12.5. The highest BCUT2D eigenvalue weighted by Gasteiger charge is 2.33. The van der Waals surface area contributed by atoms with E-state index < -0.39 is 18.6 Å². The first-order valence-electron chi connectivity index (χ1n) is 5.86. The smallest absolute Gasteiger partial charge is 0.406 e. The number of furan rings is 1. The topological polar surface area (TPSA) is 33.5 Å². The Labute approximate surface area is 113 Å². The predicted octanol–water partition coefficient (Wildman–Crippen LogP) is 3.62. The van der Waals surface area contributed by atoms with E-state index in [0.717, 1.165) is 0 Å². The van der Waals surface area contributed by atoms with Gasteiger partial charge in [-0.15, -0.1) is 6.58 Å². The molecule has 0 aliphatic carbocycles. The number of nitrogens with zero attached hydrogens (tertiary/aromatic N) is 1. The molecule has 20 heavy (non-hydrogen) atoms. The summed E-state index contributed by atoms with van der Waals surface area (Å²) in [7, 11) is 0. The molecule has 0 atom stereocenters. The number of halogens is 3. The zero-order valence-corrected chi connectivity index (χ0v) is 10.5. The molecule has 1 amide bonds. The van der Waals surface area contributed by atoms with Crippen molar-refractivity contribution < 1.29 is 22.4 Å². The summed E-state index contributed by atoms with van der Waals surface area (Å²) in [6.07, 6.45) is -3.23. The van der Waals surface area contributed by atoms with E-state index in [-0.39, 0.29) is 12.3 Å². The molecule has 1 heterocycles. The molecule has 0 fully saturated rings. The van der Waals surface area contributed by atoms with Crippen LogP contribution in [0.4, 0.5) is 13.2 Å². The zero-order valence-electron chi connectivity index (χ0n) is 10.5. The van der Waals surface area contributed by atoms with Gasteiger partial charge >= 0.3 is 6.18 Å². The second-order valence-corrected chi connectivity index (χ2v) is 4.24. The molecule has 0 unspecified atom stereocenters. The van der Waals surface area contributed by atoms with Crippen LogP contribution in [0, 0.1) is 0 Å². The molecule has 0 saturated carbocycles. The molecule has 0 radical (unpaired) electrons. The molecule has 0 aliphatic heterocycles. The van der Waals surface area contributed by atoms with E-state index >= 15 is 0 Å². The summed E-state index contributed by atoms with van der Waals surface area (Å²) in [6.45, 7) is 1.82. The monoisotopic (exact) mass is 283 g/mol. The average Bonchev–Trinajstić information content (AvgIpc) is 2.79. The number of hydrogen-bond acceptors (Lipinski definition) is 2. The molecule has 2 rings (SSSR count). The summed E-state index contributed by atoms with van der Waals surface area (Å²) in [5, 5.41) is 0.668. The van der Waals surface area contributed by atoms with E-state index in [0.29, 0.717) is 15.9 Å². The van der Waals surface area contributed by atoms with Crippen molar-refractivity contribution in [1.82, 2.24) is 4.90 Å². The number of carbonyl (C=O) groups excluding carboxylic acids is 1. The summed E-state index contributed by atoms with van der Waals surface area (Å²) in [5.41, 5.74) is 0.460. The molecule has 2 aromatic rings. The van der Waals surface area contributed by atoms with Crippen LogP contribution < -0.4 is 0 Å². The van der Waals surface area contributed by atoms with Crippen LogP contribution >= 0.6 is 0 Å². The SMILES string of the molecule is C=CCN(CC(F)(F)F)C(=O)c1cc2ccccc2o1. The van der Waals surface area contributed by atoms with Gasteiger partial charge in [-0.3, -0.25) is 4.79 Å². The van der Waals surface area contributed by atoms with Crippen LogP contribution in [0.1, 0.15) is 10.6 Å². The van der Waals surface area contributed by atoms with Gasteiger partial charge in [0.1, 0.15) is 12.1 Å². The summed E-state index contributed by atoms with van der Waals surface area (Å²) < 4.78 is 42.6. The third-order valence-corrected chi connectivity index (χ3v) is 2.64. The maximum Gasteiger partial charge on any atom is 0.406 e. The number of fused-ring (bicyclic) bond motifs is 1. The Morgan fingerprint density at radius 2 is 2.05 bits per heavy atom. The Kier molecular flexibility index (Phi) is 3.83. The van der Waals surface area contributed by atoms with Crippen molar-refractivity contribution >= 4 is 16.9 Å². The lowest BCUT2D eigenvalue weighted by molar-refractivity contribution is -0.139. The van der Waals surface area contributed by atoms with Gasteiger partial charge in [0, 0.05) is 11.9 Å². The van der Waals surface area contributed by atoms with Gasteiger partial charge in [-0.2, -0.15) is 13.2 Å². The Morgan fingerprint density at radius 3 is 2.65 bits per heavy atom. The summed E-state index contributed by atoms with van der Waals surface area (Å²) in [4.78, 5) is 12.7. The van der Waals surface area contributed by atoms with Crippen molar-refractivity contribution in [3.05, 3.63) is 48.7 Å². The predicted molar refractivity (Wildman–Crippen MR) is 68.4 cm³/mol. The third kappa shape index (κ3) is 3.20. The highest BCUT2D eigenvalue weighted by Crippen LogP contribution is 2.22. The molecule has 1 aromatic heterocycles. The zero-order chi connectivity index (χ0) is 14.8. The van der Waals surface area contributed by atoms with E-state index in [9.17, 15) is 18.0 Å². The van der Waals surface area contributed by atoms with Crippen molar-refractivity contribution in [3.8, 4) is 0 Å². The number of benzene rings is 1. The number of alkyl halides is 3. The van der Waals surface area contributed by atoms with Crippen LogP contribution in [-0.2, 0) is 0 Å². The highest BCUT2D eigenvalue weighted by molar-refractivity contribution is 5.96. The molecule has 0 bridgehead atoms. The minimum atomic E-state index is -4.47.